The van der Waals surface area contributed by atoms with E-state index in [9.17, 15) is 13.5 Å². The largest absolute Gasteiger partial charge is 0.399 e. The first-order valence-corrected chi connectivity index (χ1v) is 7.39. The standard InChI is InChI=1S/C12H19NO3S/c1-3-11(17(15,16)4-2)12(14)9-6-5-7-10(13)8-9/h5-8,11-12,14H,3-4,13H2,1-2H3/t11-,12-/m0/s1. The van der Waals surface area contributed by atoms with Crippen molar-refractivity contribution in [2.24, 2.45) is 0 Å². The fraction of sp³-hybridized carbons (Fsp3) is 0.500. The number of anilines is 1. The molecule has 3 N–H and O–H groups in total. The minimum absolute atomic E-state index is 0.0326. The Labute approximate surface area is 102 Å². The Balaban J connectivity index is 3.06. The van der Waals surface area contributed by atoms with Crippen LogP contribution in [0.1, 0.15) is 31.9 Å². The van der Waals surface area contributed by atoms with Gasteiger partial charge in [0, 0.05) is 11.4 Å². The van der Waals surface area contributed by atoms with Crippen molar-refractivity contribution in [3.05, 3.63) is 29.8 Å². The van der Waals surface area contributed by atoms with Crippen LogP contribution in [0.4, 0.5) is 5.69 Å². The fourth-order valence-electron chi connectivity index (χ4n) is 1.85. The Morgan fingerprint density at radius 2 is 2.00 bits per heavy atom. The molecule has 0 heterocycles. The molecule has 0 amide bonds. The number of aliphatic hydroxyl groups is 1. The van der Waals surface area contributed by atoms with Gasteiger partial charge in [0.05, 0.1) is 11.4 Å². The van der Waals surface area contributed by atoms with E-state index in [1.807, 2.05) is 0 Å². The number of aliphatic hydroxyl groups excluding tert-OH is 1. The van der Waals surface area contributed by atoms with Crippen LogP contribution in [0, 0.1) is 0 Å². The maximum Gasteiger partial charge on any atom is 0.155 e. The zero-order valence-corrected chi connectivity index (χ0v) is 10.9. The lowest BCUT2D eigenvalue weighted by molar-refractivity contribution is 0.169. The summed E-state index contributed by atoms with van der Waals surface area (Å²) in [6.07, 6.45) is -0.639. The lowest BCUT2D eigenvalue weighted by Gasteiger charge is -2.21. The van der Waals surface area contributed by atoms with Gasteiger partial charge in [-0.3, -0.25) is 0 Å². The molecule has 1 rings (SSSR count). The first kappa shape index (κ1) is 14.0. The molecule has 0 fully saturated rings. The third kappa shape index (κ3) is 3.20. The Kier molecular flexibility index (Phi) is 4.54. The summed E-state index contributed by atoms with van der Waals surface area (Å²) in [4.78, 5) is 0. The van der Waals surface area contributed by atoms with Crippen molar-refractivity contribution in [2.75, 3.05) is 11.5 Å². The van der Waals surface area contributed by atoms with Crippen LogP contribution in [0.2, 0.25) is 0 Å². The third-order valence-corrected chi connectivity index (χ3v) is 5.19. The number of hydrogen-bond donors (Lipinski definition) is 2. The Bertz CT molecular complexity index is 470. The number of hydrogen-bond acceptors (Lipinski definition) is 4. The van der Waals surface area contributed by atoms with E-state index in [0.717, 1.165) is 0 Å². The zero-order valence-electron chi connectivity index (χ0n) is 10.1. The molecule has 5 heteroatoms. The predicted octanol–water partition coefficient (Wildman–Crippen LogP) is 1.52. The summed E-state index contributed by atoms with van der Waals surface area (Å²) >= 11 is 0. The van der Waals surface area contributed by atoms with Crippen LogP contribution in [0.3, 0.4) is 0 Å². The summed E-state index contributed by atoms with van der Waals surface area (Å²) in [5.74, 6) is 0.0326. The van der Waals surface area contributed by atoms with Crippen LogP contribution in [0.15, 0.2) is 24.3 Å². The van der Waals surface area contributed by atoms with Gasteiger partial charge in [0.15, 0.2) is 9.84 Å². The van der Waals surface area contributed by atoms with E-state index in [1.165, 1.54) is 0 Å². The van der Waals surface area contributed by atoms with Gasteiger partial charge in [-0.25, -0.2) is 8.42 Å². The Hall–Kier alpha value is -1.07. The molecule has 0 bridgehead atoms. The van der Waals surface area contributed by atoms with Gasteiger partial charge in [-0.2, -0.15) is 0 Å². The first-order valence-electron chi connectivity index (χ1n) is 5.67. The van der Waals surface area contributed by atoms with Crippen LogP contribution < -0.4 is 5.73 Å². The molecule has 1 aromatic rings. The highest BCUT2D eigenvalue weighted by molar-refractivity contribution is 7.92. The summed E-state index contributed by atoms with van der Waals surface area (Å²) in [5.41, 5.74) is 6.69. The number of nitrogens with two attached hydrogens (primary N) is 1. The van der Waals surface area contributed by atoms with Gasteiger partial charge < -0.3 is 10.8 Å². The smallest absolute Gasteiger partial charge is 0.155 e. The topological polar surface area (TPSA) is 80.4 Å². The highest BCUT2D eigenvalue weighted by Gasteiger charge is 2.30. The van der Waals surface area contributed by atoms with Crippen molar-refractivity contribution in [3.63, 3.8) is 0 Å². The highest BCUT2D eigenvalue weighted by Crippen LogP contribution is 2.26. The summed E-state index contributed by atoms with van der Waals surface area (Å²) in [6.45, 7) is 3.34. The van der Waals surface area contributed by atoms with Crippen molar-refractivity contribution in [2.45, 2.75) is 31.6 Å². The van der Waals surface area contributed by atoms with Gasteiger partial charge >= 0.3 is 0 Å². The molecule has 0 aliphatic carbocycles. The monoisotopic (exact) mass is 257 g/mol. The molecule has 0 aliphatic rings. The normalized spacial score (nSPS) is 15.5. The Morgan fingerprint density at radius 3 is 2.47 bits per heavy atom. The van der Waals surface area contributed by atoms with E-state index in [1.54, 1.807) is 38.1 Å². The average Bonchev–Trinajstić information content (AvgIpc) is 2.29. The van der Waals surface area contributed by atoms with Crippen molar-refractivity contribution < 1.29 is 13.5 Å². The number of rotatable bonds is 5. The van der Waals surface area contributed by atoms with E-state index >= 15 is 0 Å². The number of sulfone groups is 1. The molecule has 0 saturated heterocycles. The van der Waals surface area contributed by atoms with Crippen molar-refractivity contribution in [1.82, 2.24) is 0 Å². The molecule has 17 heavy (non-hydrogen) atoms. The molecule has 0 radical (unpaired) electrons. The molecule has 4 nitrogen and oxygen atoms in total. The fourth-order valence-corrected chi connectivity index (χ4v) is 3.33. The maximum absolute atomic E-state index is 11.8. The minimum atomic E-state index is -3.26. The van der Waals surface area contributed by atoms with Gasteiger partial charge in [-0.15, -0.1) is 0 Å². The maximum atomic E-state index is 11.8. The highest BCUT2D eigenvalue weighted by atomic mass is 32.2. The van der Waals surface area contributed by atoms with E-state index in [4.69, 9.17) is 5.73 Å². The quantitative estimate of drug-likeness (QED) is 0.784. The molecular formula is C12H19NO3S. The molecule has 0 spiro atoms. The zero-order chi connectivity index (χ0) is 13.1. The lowest BCUT2D eigenvalue weighted by Crippen LogP contribution is -2.29. The van der Waals surface area contributed by atoms with E-state index < -0.39 is 21.2 Å². The summed E-state index contributed by atoms with van der Waals surface area (Å²) in [6, 6.07) is 6.71. The molecule has 0 saturated carbocycles. The van der Waals surface area contributed by atoms with E-state index in [-0.39, 0.29) is 5.75 Å². The molecule has 0 aromatic heterocycles. The molecule has 2 atom stereocenters. The summed E-state index contributed by atoms with van der Waals surface area (Å²) in [5, 5.41) is 9.37. The molecule has 96 valence electrons. The lowest BCUT2D eigenvalue weighted by atomic mass is 10.0. The number of benzene rings is 1. The second-order valence-electron chi connectivity index (χ2n) is 4.01. The van der Waals surface area contributed by atoms with Gasteiger partial charge in [0.25, 0.3) is 0 Å². The molecule has 1 aromatic carbocycles. The summed E-state index contributed by atoms with van der Waals surface area (Å²) in [7, 11) is -3.26. The van der Waals surface area contributed by atoms with E-state index in [2.05, 4.69) is 0 Å². The SMILES string of the molecule is CC[C@@H]([C@@H](O)c1cccc(N)c1)S(=O)(=O)CC. The average molecular weight is 257 g/mol. The second kappa shape index (κ2) is 5.51. The van der Waals surface area contributed by atoms with Crippen LogP contribution in [0.5, 0.6) is 0 Å². The van der Waals surface area contributed by atoms with Crippen molar-refractivity contribution >= 4 is 15.5 Å². The van der Waals surface area contributed by atoms with Crippen LogP contribution in [-0.4, -0.2) is 24.5 Å². The molecule has 0 aliphatic heterocycles. The van der Waals surface area contributed by atoms with Crippen LogP contribution in [-0.2, 0) is 9.84 Å². The van der Waals surface area contributed by atoms with Crippen molar-refractivity contribution in [1.29, 1.82) is 0 Å². The molecular weight excluding hydrogens is 238 g/mol. The van der Waals surface area contributed by atoms with Gasteiger partial charge in [-0.05, 0) is 24.1 Å². The second-order valence-corrected chi connectivity index (χ2v) is 6.52. The number of nitrogen functional groups attached to an aromatic ring is 1. The van der Waals surface area contributed by atoms with Gasteiger partial charge in [-0.1, -0.05) is 26.0 Å². The van der Waals surface area contributed by atoms with Gasteiger partial charge in [0.2, 0.25) is 0 Å². The Morgan fingerprint density at radius 1 is 1.35 bits per heavy atom. The van der Waals surface area contributed by atoms with Crippen LogP contribution >= 0.6 is 0 Å². The molecule has 0 unspecified atom stereocenters. The minimum Gasteiger partial charge on any atom is -0.399 e. The predicted molar refractivity (Wildman–Crippen MR) is 69.4 cm³/mol. The van der Waals surface area contributed by atoms with Gasteiger partial charge in [0.1, 0.15) is 0 Å². The third-order valence-electron chi connectivity index (χ3n) is 2.87. The van der Waals surface area contributed by atoms with Crippen molar-refractivity contribution in [3.8, 4) is 0 Å². The summed E-state index contributed by atoms with van der Waals surface area (Å²) < 4.78 is 23.7. The van der Waals surface area contributed by atoms with E-state index in [0.29, 0.717) is 17.7 Å². The van der Waals surface area contributed by atoms with Crippen LogP contribution in [0.25, 0.3) is 0 Å². The first-order chi connectivity index (χ1) is 7.92.